The van der Waals surface area contributed by atoms with Crippen LogP contribution in [0.15, 0.2) is 36.9 Å². The van der Waals surface area contributed by atoms with E-state index in [9.17, 15) is 9.18 Å². The zero-order valence-electron chi connectivity index (χ0n) is 18.7. The van der Waals surface area contributed by atoms with Gasteiger partial charge in [-0.1, -0.05) is 29.8 Å². The van der Waals surface area contributed by atoms with Crippen LogP contribution >= 0.6 is 23.2 Å². The van der Waals surface area contributed by atoms with E-state index in [1.54, 1.807) is 31.1 Å². The number of likely N-dealkylation sites (tertiary alicyclic amines) is 1. The number of carbonyl (C=O) groups is 1. The highest BCUT2D eigenvalue weighted by molar-refractivity contribution is 6.42. The van der Waals surface area contributed by atoms with Crippen molar-refractivity contribution in [2.24, 2.45) is 0 Å². The third kappa shape index (κ3) is 4.88. The molecule has 4 rings (SSSR count). The van der Waals surface area contributed by atoms with Gasteiger partial charge in [-0.05, 0) is 31.2 Å². The van der Waals surface area contributed by atoms with E-state index >= 15 is 0 Å². The summed E-state index contributed by atoms with van der Waals surface area (Å²) in [5.74, 6) is 1.14. The molecule has 0 bridgehead atoms. The Morgan fingerprint density at radius 3 is 2.65 bits per heavy atom. The Bertz CT molecular complexity index is 1260. The van der Waals surface area contributed by atoms with Gasteiger partial charge in [0.25, 0.3) is 0 Å². The Balaban J connectivity index is 1.66. The number of ether oxygens (including phenoxy) is 2. The Morgan fingerprint density at radius 1 is 1.24 bits per heavy atom. The van der Waals surface area contributed by atoms with Crippen LogP contribution in [0.3, 0.4) is 0 Å². The maximum atomic E-state index is 14.7. The minimum absolute atomic E-state index is 0.0838. The topological polar surface area (TPSA) is 76.6 Å². The molecule has 0 aliphatic carbocycles. The molecule has 1 aliphatic rings. The molecule has 178 valence electrons. The number of piperidine rings is 1. The molecule has 1 aliphatic heterocycles. The zero-order valence-corrected chi connectivity index (χ0v) is 20.2. The lowest BCUT2D eigenvalue weighted by molar-refractivity contribution is -0.127. The van der Waals surface area contributed by atoms with Gasteiger partial charge in [-0.2, -0.15) is 0 Å². The van der Waals surface area contributed by atoms with Crippen LogP contribution in [-0.2, 0) is 4.79 Å². The summed E-state index contributed by atoms with van der Waals surface area (Å²) < 4.78 is 26.5. The van der Waals surface area contributed by atoms with E-state index in [1.807, 2.05) is 0 Å². The summed E-state index contributed by atoms with van der Waals surface area (Å²) in [6.45, 7) is 6.44. The molecule has 2 aromatic carbocycles. The molecule has 3 aromatic rings. The third-order valence-electron chi connectivity index (χ3n) is 5.60. The van der Waals surface area contributed by atoms with E-state index in [-0.39, 0.29) is 27.7 Å². The summed E-state index contributed by atoms with van der Waals surface area (Å²) in [7, 11) is 1.55. The fourth-order valence-corrected chi connectivity index (χ4v) is 4.16. The van der Waals surface area contributed by atoms with Crippen LogP contribution in [0.5, 0.6) is 11.5 Å². The van der Waals surface area contributed by atoms with Gasteiger partial charge in [-0.25, -0.2) is 14.4 Å². The highest BCUT2D eigenvalue weighted by atomic mass is 35.5. The van der Waals surface area contributed by atoms with Gasteiger partial charge in [-0.15, -0.1) is 0 Å². The summed E-state index contributed by atoms with van der Waals surface area (Å²) in [5.41, 5.74) is 0.734. The summed E-state index contributed by atoms with van der Waals surface area (Å²) in [6.07, 6.45) is 2.56. The Morgan fingerprint density at radius 2 is 1.97 bits per heavy atom. The molecule has 1 saturated heterocycles. The molecule has 1 fully saturated rings. The first kappa shape index (κ1) is 24.0. The van der Waals surface area contributed by atoms with E-state index in [4.69, 9.17) is 32.7 Å². The van der Waals surface area contributed by atoms with Crippen LogP contribution in [-0.4, -0.2) is 47.1 Å². The zero-order chi connectivity index (χ0) is 24.4. The van der Waals surface area contributed by atoms with Gasteiger partial charge >= 0.3 is 0 Å². The molecule has 0 saturated carbocycles. The lowest BCUT2D eigenvalue weighted by Gasteiger charge is -2.31. The van der Waals surface area contributed by atoms with Crippen LogP contribution in [0.25, 0.3) is 10.9 Å². The molecule has 0 spiro atoms. The van der Waals surface area contributed by atoms with Crippen molar-refractivity contribution in [3.63, 3.8) is 0 Å². The summed E-state index contributed by atoms with van der Waals surface area (Å²) in [5, 5.41) is 3.56. The standard InChI is InChI=1S/C24H23Cl2FN4O3/c1-4-21(32)31-9-7-14(8-10-31)34-20-11-15-18(12-19(20)33-3)28-13(2)29-24(15)30-17-6-5-16(25)22(26)23(17)27/h4-6,11-12,14H,1,7-10H2,2-3H3,(H,28,29,30). The van der Waals surface area contributed by atoms with Crippen molar-refractivity contribution in [3.05, 3.63) is 58.6 Å². The lowest BCUT2D eigenvalue weighted by Crippen LogP contribution is -2.41. The van der Waals surface area contributed by atoms with Crippen molar-refractivity contribution in [3.8, 4) is 11.5 Å². The molecule has 1 N–H and O–H groups in total. The predicted molar refractivity (Wildman–Crippen MR) is 131 cm³/mol. The quantitative estimate of drug-likeness (QED) is 0.343. The number of anilines is 2. The van der Waals surface area contributed by atoms with E-state index in [1.165, 1.54) is 18.2 Å². The van der Waals surface area contributed by atoms with Crippen LogP contribution < -0.4 is 14.8 Å². The van der Waals surface area contributed by atoms with E-state index in [2.05, 4.69) is 21.9 Å². The number of benzene rings is 2. The molecule has 0 unspecified atom stereocenters. The van der Waals surface area contributed by atoms with E-state index in [0.717, 1.165) is 0 Å². The summed E-state index contributed by atoms with van der Waals surface area (Å²) in [6, 6.07) is 6.53. The van der Waals surface area contributed by atoms with Gasteiger partial charge in [0.05, 0.1) is 28.4 Å². The number of fused-ring (bicyclic) bond motifs is 1. The summed E-state index contributed by atoms with van der Waals surface area (Å²) in [4.78, 5) is 22.5. The number of nitrogens with one attached hydrogen (secondary N) is 1. The van der Waals surface area contributed by atoms with Crippen molar-refractivity contribution >= 4 is 51.5 Å². The number of aromatic nitrogens is 2. The minimum atomic E-state index is -0.676. The average Bonchev–Trinajstić information content (AvgIpc) is 2.84. The van der Waals surface area contributed by atoms with Crippen LogP contribution in [0.1, 0.15) is 18.7 Å². The van der Waals surface area contributed by atoms with E-state index in [0.29, 0.717) is 60.0 Å². The van der Waals surface area contributed by atoms with E-state index < -0.39 is 5.82 Å². The molecule has 1 amide bonds. The lowest BCUT2D eigenvalue weighted by atomic mass is 10.1. The fourth-order valence-electron chi connectivity index (χ4n) is 3.85. The third-order valence-corrected chi connectivity index (χ3v) is 6.38. The first-order valence-electron chi connectivity index (χ1n) is 10.7. The number of hydrogen-bond acceptors (Lipinski definition) is 6. The Kier molecular flexibility index (Phi) is 7.09. The van der Waals surface area contributed by atoms with Gasteiger partial charge in [0.15, 0.2) is 17.3 Å². The minimum Gasteiger partial charge on any atom is -0.493 e. The van der Waals surface area contributed by atoms with Crippen molar-refractivity contribution in [1.82, 2.24) is 14.9 Å². The smallest absolute Gasteiger partial charge is 0.245 e. The molecule has 34 heavy (non-hydrogen) atoms. The molecule has 0 radical (unpaired) electrons. The maximum absolute atomic E-state index is 14.7. The number of hydrogen-bond donors (Lipinski definition) is 1. The van der Waals surface area contributed by atoms with Gasteiger partial charge in [0.1, 0.15) is 17.7 Å². The monoisotopic (exact) mass is 504 g/mol. The molecule has 10 heteroatoms. The Labute approximate surface area is 206 Å². The van der Waals surface area contributed by atoms with Gasteiger partial charge in [-0.3, -0.25) is 4.79 Å². The van der Waals surface area contributed by atoms with Crippen molar-refractivity contribution in [2.45, 2.75) is 25.9 Å². The van der Waals surface area contributed by atoms with Crippen LogP contribution in [0.4, 0.5) is 15.9 Å². The SMILES string of the molecule is C=CC(=O)N1CCC(Oc2cc3c(Nc4ccc(Cl)c(Cl)c4F)nc(C)nc3cc2OC)CC1. The molecule has 2 heterocycles. The highest BCUT2D eigenvalue weighted by Gasteiger charge is 2.24. The number of aryl methyl sites for hydroxylation is 1. The summed E-state index contributed by atoms with van der Waals surface area (Å²) >= 11 is 11.9. The van der Waals surface area contributed by atoms with Gasteiger partial charge in [0.2, 0.25) is 5.91 Å². The first-order valence-corrected chi connectivity index (χ1v) is 11.4. The Hall–Kier alpha value is -3.10. The second-order valence-electron chi connectivity index (χ2n) is 7.83. The number of methoxy groups -OCH3 is 1. The molecular weight excluding hydrogens is 482 g/mol. The average molecular weight is 505 g/mol. The number of amides is 1. The normalized spacial score (nSPS) is 14.2. The molecular formula is C24H23Cl2FN4O3. The van der Waals surface area contributed by atoms with Crippen LogP contribution in [0, 0.1) is 12.7 Å². The number of carbonyl (C=O) groups excluding carboxylic acids is 1. The van der Waals surface area contributed by atoms with Crippen molar-refractivity contribution in [2.75, 3.05) is 25.5 Å². The van der Waals surface area contributed by atoms with Crippen molar-refractivity contribution < 1.29 is 18.7 Å². The fraction of sp³-hybridized carbons (Fsp3) is 0.292. The number of nitrogens with zero attached hydrogens (tertiary/aromatic N) is 3. The molecule has 0 atom stereocenters. The predicted octanol–water partition coefficient (Wildman–Crippen LogP) is 5.69. The van der Waals surface area contributed by atoms with Gasteiger partial charge in [0, 0.05) is 37.4 Å². The second kappa shape index (κ2) is 10.0. The molecule has 7 nitrogen and oxygen atoms in total. The van der Waals surface area contributed by atoms with Crippen LogP contribution in [0.2, 0.25) is 10.0 Å². The second-order valence-corrected chi connectivity index (χ2v) is 8.62. The molecule has 1 aromatic heterocycles. The first-order chi connectivity index (χ1) is 16.3. The van der Waals surface area contributed by atoms with Crippen molar-refractivity contribution in [1.29, 1.82) is 0 Å². The van der Waals surface area contributed by atoms with Gasteiger partial charge < -0.3 is 19.7 Å². The number of halogens is 3. The largest absolute Gasteiger partial charge is 0.493 e. The highest BCUT2D eigenvalue weighted by Crippen LogP contribution is 2.38. The number of rotatable bonds is 6. The maximum Gasteiger partial charge on any atom is 0.245 e.